The fourth-order valence-electron chi connectivity index (χ4n) is 2.90. The number of urea groups is 1. The number of hydrazine groups is 1. The van der Waals surface area contributed by atoms with Crippen molar-refractivity contribution in [1.29, 1.82) is 0 Å². The average Bonchev–Trinajstić information content (AvgIpc) is 2.93. The van der Waals surface area contributed by atoms with Crippen LogP contribution in [0.15, 0.2) is 64.0 Å². The number of imide groups is 1. The van der Waals surface area contributed by atoms with Gasteiger partial charge in [0.15, 0.2) is 0 Å². The van der Waals surface area contributed by atoms with E-state index in [2.05, 4.69) is 26.7 Å². The van der Waals surface area contributed by atoms with Crippen LogP contribution >= 0.6 is 27.7 Å². The molecule has 1 atom stereocenters. The summed E-state index contributed by atoms with van der Waals surface area (Å²) in [5, 5.41) is 3.51. The lowest BCUT2D eigenvalue weighted by Crippen LogP contribution is -2.49. The van der Waals surface area contributed by atoms with Gasteiger partial charge in [-0.25, -0.2) is 4.79 Å². The number of nitrogens with one attached hydrogen (secondary N) is 2. The van der Waals surface area contributed by atoms with Crippen LogP contribution in [0.3, 0.4) is 0 Å². The predicted octanol–water partition coefficient (Wildman–Crippen LogP) is 3.43. The molecule has 2 aromatic carbocycles. The Kier molecular flexibility index (Phi) is 5.86. The van der Waals surface area contributed by atoms with Gasteiger partial charge in [0.05, 0.1) is 5.75 Å². The molecule has 0 radical (unpaired) electrons. The van der Waals surface area contributed by atoms with Crippen LogP contribution in [0.1, 0.15) is 18.9 Å². The van der Waals surface area contributed by atoms with Gasteiger partial charge < -0.3 is 5.32 Å². The van der Waals surface area contributed by atoms with E-state index in [1.807, 2.05) is 49.4 Å². The van der Waals surface area contributed by atoms with Gasteiger partial charge in [0.2, 0.25) is 5.91 Å². The monoisotopic (exact) mass is 447 g/mol. The molecular formula is C19H18BrN3O3S. The standard InChI is InChI=1S/C19H18BrN3O3S/c1-2-19(13-8-4-3-5-9-13)17(25)23(18(26)21-19)22-16(24)12-27-15-11-7-6-10-14(15)20/h3-11H,2,12H2,1H3,(H,21,26)(H,22,24). The molecule has 0 bridgehead atoms. The topological polar surface area (TPSA) is 78.5 Å². The number of carbonyl (C=O) groups is 3. The molecule has 140 valence electrons. The molecule has 1 heterocycles. The second kappa shape index (κ2) is 8.14. The number of halogens is 1. The summed E-state index contributed by atoms with van der Waals surface area (Å²) < 4.78 is 0.881. The molecule has 27 heavy (non-hydrogen) atoms. The van der Waals surface area contributed by atoms with Crippen LogP contribution in [0.4, 0.5) is 4.79 Å². The van der Waals surface area contributed by atoms with Gasteiger partial charge in [-0.05, 0) is 40.0 Å². The van der Waals surface area contributed by atoms with Gasteiger partial charge in [0.25, 0.3) is 5.91 Å². The maximum absolute atomic E-state index is 12.9. The molecule has 1 saturated heterocycles. The van der Waals surface area contributed by atoms with E-state index in [4.69, 9.17) is 0 Å². The van der Waals surface area contributed by atoms with E-state index >= 15 is 0 Å². The highest BCUT2D eigenvalue weighted by Gasteiger charge is 2.52. The van der Waals surface area contributed by atoms with Crippen molar-refractivity contribution in [3.8, 4) is 0 Å². The van der Waals surface area contributed by atoms with Crippen LogP contribution in [0.2, 0.25) is 0 Å². The van der Waals surface area contributed by atoms with Crippen LogP contribution in [-0.2, 0) is 15.1 Å². The van der Waals surface area contributed by atoms with Crippen molar-refractivity contribution in [3.05, 3.63) is 64.6 Å². The molecule has 0 spiro atoms. The summed E-state index contributed by atoms with van der Waals surface area (Å²) in [7, 11) is 0. The maximum Gasteiger partial charge on any atom is 0.344 e. The number of hydrogen-bond acceptors (Lipinski definition) is 4. The minimum absolute atomic E-state index is 0.0735. The lowest BCUT2D eigenvalue weighted by molar-refractivity contribution is -0.138. The quantitative estimate of drug-likeness (QED) is 0.525. The number of benzene rings is 2. The number of rotatable bonds is 6. The third-order valence-electron chi connectivity index (χ3n) is 4.32. The largest absolute Gasteiger partial charge is 0.344 e. The van der Waals surface area contributed by atoms with Gasteiger partial charge in [-0.2, -0.15) is 5.01 Å². The summed E-state index contributed by atoms with van der Waals surface area (Å²) in [5.74, 6) is -0.843. The van der Waals surface area contributed by atoms with Crippen molar-refractivity contribution in [1.82, 2.24) is 15.8 Å². The van der Waals surface area contributed by atoms with Gasteiger partial charge in [-0.15, -0.1) is 11.8 Å². The van der Waals surface area contributed by atoms with Crippen molar-refractivity contribution in [2.24, 2.45) is 0 Å². The molecule has 4 amide bonds. The van der Waals surface area contributed by atoms with Gasteiger partial charge in [0, 0.05) is 9.37 Å². The Morgan fingerprint density at radius 3 is 2.48 bits per heavy atom. The fourth-order valence-corrected chi connectivity index (χ4v) is 4.26. The minimum atomic E-state index is -1.17. The Morgan fingerprint density at radius 2 is 1.81 bits per heavy atom. The van der Waals surface area contributed by atoms with E-state index in [-0.39, 0.29) is 5.75 Å². The molecular weight excluding hydrogens is 430 g/mol. The van der Waals surface area contributed by atoms with Crippen LogP contribution in [0.25, 0.3) is 0 Å². The van der Waals surface area contributed by atoms with Crippen LogP contribution < -0.4 is 10.7 Å². The molecule has 2 aromatic rings. The number of thioether (sulfide) groups is 1. The molecule has 1 unspecified atom stereocenters. The van der Waals surface area contributed by atoms with E-state index in [0.29, 0.717) is 12.0 Å². The molecule has 6 nitrogen and oxygen atoms in total. The molecule has 8 heteroatoms. The highest BCUT2D eigenvalue weighted by molar-refractivity contribution is 9.10. The third kappa shape index (κ3) is 3.86. The number of amides is 4. The molecule has 0 saturated carbocycles. The van der Waals surface area contributed by atoms with Crippen molar-refractivity contribution in [2.45, 2.75) is 23.8 Å². The Bertz CT molecular complexity index is 878. The smallest absolute Gasteiger partial charge is 0.318 e. The first-order valence-electron chi connectivity index (χ1n) is 8.37. The van der Waals surface area contributed by atoms with Gasteiger partial charge in [0.1, 0.15) is 5.54 Å². The fraction of sp³-hybridized carbons (Fsp3) is 0.211. The first-order chi connectivity index (χ1) is 13.0. The Hall–Kier alpha value is -2.32. The van der Waals surface area contributed by atoms with Crippen molar-refractivity contribution in [3.63, 3.8) is 0 Å². The Morgan fingerprint density at radius 1 is 1.15 bits per heavy atom. The molecule has 1 aliphatic heterocycles. The SMILES string of the molecule is CCC1(c2ccccc2)NC(=O)N(NC(=O)CSc2ccccc2Br)C1=O. The summed E-state index contributed by atoms with van der Waals surface area (Å²) >= 11 is 4.74. The molecule has 2 N–H and O–H groups in total. The molecule has 3 rings (SSSR count). The highest BCUT2D eigenvalue weighted by atomic mass is 79.9. The number of hydrogen-bond donors (Lipinski definition) is 2. The van der Waals surface area contributed by atoms with Gasteiger partial charge in [-0.1, -0.05) is 49.4 Å². The molecule has 1 fully saturated rings. The van der Waals surface area contributed by atoms with Crippen molar-refractivity contribution < 1.29 is 14.4 Å². The van der Waals surface area contributed by atoms with E-state index in [9.17, 15) is 14.4 Å². The third-order valence-corrected chi connectivity index (χ3v) is 6.35. The Balaban J connectivity index is 1.70. The zero-order chi connectivity index (χ0) is 19.4. The summed E-state index contributed by atoms with van der Waals surface area (Å²) in [5.41, 5.74) is 1.94. The van der Waals surface area contributed by atoms with Crippen molar-refractivity contribution in [2.75, 3.05) is 5.75 Å². The highest BCUT2D eigenvalue weighted by Crippen LogP contribution is 2.32. The van der Waals surface area contributed by atoms with Crippen LogP contribution in [0, 0.1) is 0 Å². The second-order valence-electron chi connectivity index (χ2n) is 5.95. The van der Waals surface area contributed by atoms with Gasteiger partial charge >= 0.3 is 6.03 Å². The number of nitrogens with zero attached hydrogens (tertiary/aromatic N) is 1. The summed E-state index contributed by atoms with van der Waals surface area (Å²) in [6, 6.07) is 15.9. The van der Waals surface area contributed by atoms with Crippen molar-refractivity contribution >= 4 is 45.5 Å². The zero-order valence-corrected chi connectivity index (χ0v) is 17.0. The summed E-state index contributed by atoms with van der Waals surface area (Å²) in [6.07, 6.45) is 0.375. The van der Waals surface area contributed by atoms with E-state index in [1.165, 1.54) is 11.8 Å². The van der Waals surface area contributed by atoms with E-state index < -0.39 is 23.4 Å². The lowest BCUT2D eigenvalue weighted by atomic mass is 9.87. The minimum Gasteiger partial charge on any atom is -0.318 e. The Labute approximate surface area is 169 Å². The lowest BCUT2D eigenvalue weighted by Gasteiger charge is -2.25. The zero-order valence-electron chi connectivity index (χ0n) is 14.6. The molecule has 0 aliphatic carbocycles. The first-order valence-corrected chi connectivity index (χ1v) is 10.1. The van der Waals surface area contributed by atoms with Crippen LogP contribution in [0.5, 0.6) is 0 Å². The predicted molar refractivity (Wildman–Crippen MR) is 107 cm³/mol. The summed E-state index contributed by atoms with van der Waals surface area (Å²) in [6.45, 7) is 1.82. The summed E-state index contributed by atoms with van der Waals surface area (Å²) in [4.78, 5) is 38.5. The number of carbonyl (C=O) groups excluding carboxylic acids is 3. The second-order valence-corrected chi connectivity index (χ2v) is 7.82. The molecule has 0 aromatic heterocycles. The van der Waals surface area contributed by atoms with E-state index in [1.54, 1.807) is 12.1 Å². The van der Waals surface area contributed by atoms with E-state index in [0.717, 1.165) is 14.4 Å². The van der Waals surface area contributed by atoms with Crippen LogP contribution in [-0.4, -0.2) is 28.6 Å². The maximum atomic E-state index is 12.9. The normalized spacial score (nSPS) is 19.1. The van der Waals surface area contributed by atoms with Gasteiger partial charge in [-0.3, -0.25) is 15.0 Å². The molecule has 1 aliphatic rings. The first kappa shape index (κ1) is 19.4. The average molecular weight is 448 g/mol.